The van der Waals surface area contributed by atoms with E-state index in [9.17, 15) is 4.79 Å². The van der Waals surface area contributed by atoms with Crippen molar-refractivity contribution in [3.8, 4) is 0 Å². The van der Waals surface area contributed by atoms with Crippen molar-refractivity contribution in [3.05, 3.63) is 0 Å². The minimum absolute atomic E-state index is 0.108. The highest BCUT2D eigenvalue weighted by Gasteiger charge is 2.33. The van der Waals surface area contributed by atoms with E-state index in [1.807, 2.05) is 23.6 Å². The molecule has 18 heavy (non-hydrogen) atoms. The van der Waals surface area contributed by atoms with Gasteiger partial charge in [0, 0.05) is 18.6 Å². The first-order valence-electron chi connectivity index (χ1n) is 7.20. The van der Waals surface area contributed by atoms with Gasteiger partial charge in [0.25, 0.3) is 0 Å². The number of aliphatic hydroxyl groups is 1. The number of piperidine rings is 1. The molecule has 1 saturated heterocycles. The lowest BCUT2D eigenvalue weighted by molar-refractivity contribution is -0.142. The molecule has 3 unspecified atom stereocenters. The fourth-order valence-corrected chi connectivity index (χ4v) is 2.98. The summed E-state index contributed by atoms with van der Waals surface area (Å²) in [6.07, 6.45) is 3.43. The molecule has 3 atom stereocenters. The molecule has 0 saturated carbocycles. The number of rotatable bonds is 5. The number of hydrogen-bond donors (Lipinski definition) is 1. The molecule has 106 valence electrons. The molecule has 1 rings (SSSR count). The van der Waals surface area contributed by atoms with Crippen LogP contribution in [0.1, 0.15) is 47.0 Å². The average molecular weight is 256 g/mol. The Morgan fingerprint density at radius 2 is 1.94 bits per heavy atom. The van der Waals surface area contributed by atoms with Crippen molar-refractivity contribution >= 4 is 5.91 Å². The zero-order valence-corrected chi connectivity index (χ0v) is 12.2. The molecule has 1 aliphatic rings. The average Bonchev–Trinajstić information content (AvgIpc) is 2.34. The minimum atomic E-state index is -0.134. The van der Waals surface area contributed by atoms with Crippen LogP contribution in [0.4, 0.5) is 0 Å². The Labute approximate surface area is 111 Å². The van der Waals surface area contributed by atoms with Crippen LogP contribution in [0.5, 0.6) is 0 Å². The molecule has 0 aromatic rings. The van der Waals surface area contributed by atoms with Crippen molar-refractivity contribution in [1.82, 2.24) is 9.80 Å². The normalized spacial score (nSPS) is 26.4. The van der Waals surface area contributed by atoms with E-state index in [2.05, 4.69) is 13.8 Å². The van der Waals surface area contributed by atoms with Crippen molar-refractivity contribution in [2.45, 2.75) is 65.1 Å². The van der Waals surface area contributed by atoms with E-state index in [-0.39, 0.29) is 18.6 Å². The summed E-state index contributed by atoms with van der Waals surface area (Å²) >= 11 is 0. The smallest absolute Gasteiger partial charge is 0.240 e. The summed E-state index contributed by atoms with van der Waals surface area (Å²) in [5.41, 5.74) is 0. The molecule has 4 nitrogen and oxygen atoms in total. The third kappa shape index (κ3) is 3.45. The van der Waals surface area contributed by atoms with Gasteiger partial charge in [0.15, 0.2) is 0 Å². The van der Waals surface area contributed by atoms with Crippen LogP contribution in [0.15, 0.2) is 0 Å². The Morgan fingerprint density at radius 3 is 2.39 bits per heavy atom. The van der Waals surface area contributed by atoms with Crippen LogP contribution in [0.3, 0.4) is 0 Å². The van der Waals surface area contributed by atoms with Gasteiger partial charge in [0.2, 0.25) is 5.91 Å². The zero-order chi connectivity index (χ0) is 13.7. The molecule has 1 amide bonds. The molecule has 1 heterocycles. The van der Waals surface area contributed by atoms with Gasteiger partial charge in [-0.2, -0.15) is 0 Å². The zero-order valence-electron chi connectivity index (χ0n) is 12.2. The number of hydrogen-bond acceptors (Lipinski definition) is 3. The van der Waals surface area contributed by atoms with Gasteiger partial charge in [-0.05, 0) is 46.6 Å². The standard InChI is InChI=1S/C14H28N2O2/c1-5-15(9-10-17)13(4)14(18)16-11(2)7-6-8-12(16)3/h11-13,17H,5-10H2,1-4H3. The van der Waals surface area contributed by atoms with Crippen LogP contribution < -0.4 is 0 Å². The van der Waals surface area contributed by atoms with Gasteiger partial charge >= 0.3 is 0 Å². The third-order valence-electron chi connectivity index (χ3n) is 4.15. The van der Waals surface area contributed by atoms with Gasteiger partial charge in [-0.15, -0.1) is 0 Å². The van der Waals surface area contributed by atoms with Crippen LogP contribution in [-0.4, -0.2) is 58.6 Å². The Balaban J connectivity index is 2.71. The fourth-order valence-electron chi connectivity index (χ4n) is 2.98. The summed E-state index contributed by atoms with van der Waals surface area (Å²) in [7, 11) is 0. The molecule has 1 N–H and O–H groups in total. The number of aliphatic hydroxyl groups excluding tert-OH is 1. The quantitative estimate of drug-likeness (QED) is 0.810. The van der Waals surface area contributed by atoms with E-state index in [4.69, 9.17) is 5.11 Å². The first kappa shape index (κ1) is 15.4. The molecule has 1 fully saturated rings. The van der Waals surface area contributed by atoms with Crippen LogP contribution >= 0.6 is 0 Å². The predicted octanol–water partition coefficient (Wildman–Crippen LogP) is 1.48. The largest absolute Gasteiger partial charge is 0.395 e. The van der Waals surface area contributed by atoms with Gasteiger partial charge in [0.1, 0.15) is 0 Å². The second-order valence-corrected chi connectivity index (χ2v) is 5.40. The Morgan fingerprint density at radius 1 is 1.39 bits per heavy atom. The minimum Gasteiger partial charge on any atom is -0.395 e. The highest BCUT2D eigenvalue weighted by molar-refractivity contribution is 5.82. The summed E-state index contributed by atoms with van der Waals surface area (Å²) < 4.78 is 0. The lowest BCUT2D eigenvalue weighted by Gasteiger charge is -2.42. The number of carbonyl (C=O) groups excluding carboxylic acids is 1. The van der Waals surface area contributed by atoms with Crippen LogP contribution in [0, 0.1) is 0 Å². The van der Waals surface area contributed by atoms with E-state index in [1.54, 1.807) is 0 Å². The number of likely N-dealkylation sites (tertiary alicyclic amines) is 1. The van der Waals surface area contributed by atoms with Gasteiger partial charge in [-0.25, -0.2) is 0 Å². The van der Waals surface area contributed by atoms with E-state index in [1.165, 1.54) is 6.42 Å². The van der Waals surface area contributed by atoms with Crippen LogP contribution in [-0.2, 0) is 4.79 Å². The third-order valence-corrected chi connectivity index (χ3v) is 4.15. The monoisotopic (exact) mass is 256 g/mol. The van der Waals surface area contributed by atoms with Crippen LogP contribution in [0.25, 0.3) is 0 Å². The molecule has 4 heteroatoms. The van der Waals surface area contributed by atoms with E-state index in [0.717, 1.165) is 19.4 Å². The van der Waals surface area contributed by atoms with Crippen molar-refractivity contribution in [2.24, 2.45) is 0 Å². The van der Waals surface area contributed by atoms with E-state index >= 15 is 0 Å². The Kier molecular flexibility index (Phi) is 6.09. The van der Waals surface area contributed by atoms with Gasteiger partial charge < -0.3 is 10.0 Å². The lowest BCUT2D eigenvalue weighted by atomic mass is 9.96. The number of nitrogens with zero attached hydrogens (tertiary/aromatic N) is 2. The topological polar surface area (TPSA) is 43.8 Å². The lowest BCUT2D eigenvalue weighted by Crippen LogP contribution is -2.55. The summed E-state index contributed by atoms with van der Waals surface area (Å²) in [6, 6.07) is 0.554. The molecule has 0 aromatic carbocycles. The fraction of sp³-hybridized carbons (Fsp3) is 0.929. The van der Waals surface area contributed by atoms with Crippen molar-refractivity contribution < 1.29 is 9.90 Å². The van der Waals surface area contributed by atoms with E-state index in [0.29, 0.717) is 18.6 Å². The second-order valence-electron chi connectivity index (χ2n) is 5.40. The van der Waals surface area contributed by atoms with Crippen molar-refractivity contribution in [3.63, 3.8) is 0 Å². The van der Waals surface area contributed by atoms with Gasteiger partial charge in [-0.3, -0.25) is 9.69 Å². The van der Waals surface area contributed by atoms with Crippen molar-refractivity contribution in [2.75, 3.05) is 19.7 Å². The molecule has 0 aliphatic carbocycles. The number of amides is 1. The SMILES string of the molecule is CCN(CCO)C(C)C(=O)N1C(C)CCCC1C. The first-order chi connectivity index (χ1) is 8.52. The maximum Gasteiger partial charge on any atom is 0.240 e. The van der Waals surface area contributed by atoms with Crippen LogP contribution in [0.2, 0.25) is 0 Å². The summed E-state index contributed by atoms with van der Waals surface area (Å²) in [4.78, 5) is 16.7. The second kappa shape index (κ2) is 7.10. The first-order valence-corrected chi connectivity index (χ1v) is 7.20. The maximum atomic E-state index is 12.6. The molecule has 1 aliphatic heterocycles. The summed E-state index contributed by atoms with van der Waals surface area (Å²) in [5.74, 6) is 0.213. The number of carbonyl (C=O) groups is 1. The highest BCUT2D eigenvalue weighted by atomic mass is 16.3. The Hall–Kier alpha value is -0.610. The highest BCUT2D eigenvalue weighted by Crippen LogP contribution is 2.24. The predicted molar refractivity (Wildman–Crippen MR) is 73.4 cm³/mol. The van der Waals surface area contributed by atoms with Gasteiger partial charge in [-0.1, -0.05) is 6.92 Å². The molecule has 0 aromatic heterocycles. The Bertz CT molecular complexity index is 261. The van der Waals surface area contributed by atoms with E-state index < -0.39 is 0 Å². The molecule has 0 bridgehead atoms. The number of likely N-dealkylation sites (N-methyl/N-ethyl adjacent to an activating group) is 1. The van der Waals surface area contributed by atoms with Crippen molar-refractivity contribution in [1.29, 1.82) is 0 Å². The molecule has 0 radical (unpaired) electrons. The molecule has 0 spiro atoms. The summed E-state index contributed by atoms with van der Waals surface area (Å²) in [6.45, 7) is 9.74. The maximum absolute atomic E-state index is 12.6. The molecular formula is C14H28N2O2. The molecular weight excluding hydrogens is 228 g/mol. The van der Waals surface area contributed by atoms with Gasteiger partial charge in [0.05, 0.1) is 12.6 Å². The summed E-state index contributed by atoms with van der Waals surface area (Å²) in [5, 5.41) is 9.05.